The standard InChI is InChI=1S/C32H32ClFN6O4/c1-5-26(42)38-12-13-39(18(4)15-38)30-20-14-21(33)28-27-22(34)9-7-10-23(27)35-25(41)16-44-24-11-6-8-19(17(2)3)29(24)40(31(20)36-28)32(43)37-30/h5-11,14,17-18,32,43H,1,12-13,15-16H2,2-4H3,(H,35,41)/t18-,32?/m1/s1. The second kappa shape index (κ2) is 11.5. The van der Waals surface area contributed by atoms with Gasteiger partial charge in [0.15, 0.2) is 6.61 Å². The molecule has 0 aliphatic carbocycles. The number of ether oxygens (including phenoxy) is 1. The third-order valence-corrected chi connectivity index (χ3v) is 8.34. The molecule has 0 saturated carbocycles. The molecule has 2 atom stereocenters. The van der Waals surface area contributed by atoms with E-state index in [0.717, 1.165) is 5.56 Å². The van der Waals surface area contributed by atoms with Crippen LogP contribution in [-0.4, -0.2) is 76.2 Å². The van der Waals surface area contributed by atoms with Gasteiger partial charge in [-0.15, -0.1) is 0 Å². The minimum atomic E-state index is -1.46. The van der Waals surface area contributed by atoms with Crippen LogP contribution in [0.1, 0.15) is 37.8 Å². The van der Waals surface area contributed by atoms with Gasteiger partial charge in [0.2, 0.25) is 12.3 Å². The van der Waals surface area contributed by atoms with Gasteiger partial charge in [-0.1, -0.05) is 50.2 Å². The van der Waals surface area contributed by atoms with E-state index in [9.17, 15) is 14.7 Å². The Morgan fingerprint density at radius 1 is 1.25 bits per heavy atom. The number of aromatic nitrogens is 1. The number of amidine groups is 1. The zero-order chi connectivity index (χ0) is 31.3. The van der Waals surface area contributed by atoms with Crippen molar-refractivity contribution in [3.63, 3.8) is 0 Å². The van der Waals surface area contributed by atoms with Crippen molar-refractivity contribution >= 4 is 46.4 Å². The number of aliphatic hydroxyl groups excluding tert-OH is 1. The van der Waals surface area contributed by atoms with Gasteiger partial charge in [0.05, 0.1) is 33.2 Å². The van der Waals surface area contributed by atoms with Crippen molar-refractivity contribution in [1.82, 2.24) is 14.8 Å². The quantitative estimate of drug-likeness (QED) is 0.394. The first-order valence-corrected chi connectivity index (χ1v) is 14.7. The number of rotatable bonds is 2. The largest absolute Gasteiger partial charge is 0.482 e. The number of aliphatic imine (C=N–C) groups is 1. The third kappa shape index (κ3) is 5.05. The molecule has 1 saturated heterocycles. The normalized spacial score (nSPS) is 19.6. The molecule has 3 aromatic rings. The molecular formula is C32H32ClFN6O4. The molecule has 12 heteroatoms. The van der Waals surface area contributed by atoms with Gasteiger partial charge in [-0.05, 0) is 48.7 Å². The van der Waals surface area contributed by atoms with E-state index in [1.807, 2.05) is 37.8 Å². The Kier molecular flexibility index (Phi) is 7.77. The van der Waals surface area contributed by atoms with Gasteiger partial charge in [-0.25, -0.2) is 14.4 Å². The predicted octanol–water partition coefficient (Wildman–Crippen LogP) is 4.89. The minimum absolute atomic E-state index is 0.00927. The van der Waals surface area contributed by atoms with E-state index in [2.05, 4.69) is 11.9 Å². The van der Waals surface area contributed by atoms with E-state index in [1.165, 1.54) is 18.2 Å². The van der Waals surface area contributed by atoms with Gasteiger partial charge in [-0.3, -0.25) is 14.5 Å². The highest BCUT2D eigenvalue weighted by Crippen LogP contribution is 2.46. The van der Waals surface area contributed by atoms with Gasteiger partial charge >= 0.3 is 0 Å². The van der Waals surface area contributed by atoms with E-state index in [0.29, 0.717) is 42.5 Å². The van der Waals surface area contributed by atoms with Crippen LogP contribution in [0.3, 0.4) is 0 Å². The molecule has 1 unspecified atom stereocenters. The van der Waals surface area contributed by atoms with Crippen LogP contribution in [-0.2, 0) is 9.59 Å². The van der Waals surface area contributed by atoms with Crippen molar-refractivity contribution in [2.75, 3.05) is 36.5 Å². The summed E-state index contributed by atoms with van der Waals surface area (Å²) in [7, 11) is 0. The highest BCUT2D eigenvalue weighted by atomic mass is 35.5. The Balaban J connectivity index is 1.60. The number of pyridine rings is 1. The molecule has 4 heterocycles. The molecular weight excluding hydrogens is 587 g/mol. The third-order valence-electron chi connectivity index (χ3n) is 8.06. The first kappa shape index (κ1) is 29.6. The van der Waals surface area contributed by atoms with Crippen LogP contribution in [0.5, 0.6) is 5.75 Å². The first-order valence-electron chi connectivity index (χ1n) is 14.4. The average Bonchev–Trinajstić information content (AvgIpc) is 2.99. The number of nitrogens with zero attached hydrogens (tertiary/aromatic N) is 5. The van der Waals surface area contributed by atoms with Gasteiger partial charge < -0.3 is 25.0 Å². The van der Waals surface area contributed by atoms with Gasteiger partial charge in [0, 0.05) is 25.7 Å². The smallest absolute Gasteiger partial charge is 0.262 e. The molecule has 2 N–H and O–H groups in total. The van der Waals surface area contributed by atoms with E-state index >= 15 is 4.39 Å². The molecule has 2 amide bonds. The number of halogens is 2. The zero-order valence-electron chi connectivity index (χ0n) is 24.6. The molecule has 2 bridgehead atoms. The van der Waals surface area contributed by atoms with Gasteiger partial charge in [0.25, 0.3) is 5.91 Å². The molecule has 3 aliphatic rings. The van der Waals surface area contributed by atoms with Crippen LogP contribution in [0.2, 0.25) is 5.02 Å². The number of nitrogens with one attached hydrogen (secondary N) is 1. The number of aliphatic hydroxyl groups is 1. The van der Waals surface area contributed by atoms with Crippen LogP contribution in [0.4, 0.5) is 21.6 Å². The lowest BCUT2D eigenvalue weighted by Gasteiger charge is -2.44. The van der Waals surface area contributed by atoms with Crippen LogP contribution in [0.25, 0.3) is 11.3 Å². The molecule has 0 spiro atoms. The number of hydrogen-bond acceptors (Lipinski definition) is 8. The lowest BCUT2D eigenvalue weighted by atomic mass is 9.98. The number of benzene rings is 2. The lowest BCUT2D eigenvalue weighted by molar-refractivity contribution is -0.128. The molecule has 6 rings (SSSR count). The fourth-order valence-electron chi connectivity index (χ4n) is 5.98. The van der Waals surface area contributed by atoms with E-state index in [1.54, 1.807) is 28.0 Å². The fraction of sp³-hybridized carbons (Fsp3) is 0.312. The SMILES string of the molecule is C=CC(=O)N1CCN(C2=NC(O)N3c4nc(c(Cl)cc42)-c2c(F)cccc2NC(=O)COc2cccc(C(C)C)c23)[C@H](C)C1. The molecule has 0 radical (unpaired) electrons. The number of anilines is 3. The Hall–Kier alpha value is -4.48. The van der Waals surface area contributed by atoms with E-state index in [-0.39, 0.29) is 52.3 Å². The molecule has 10 nitrogen and oxygen atoms in total. The molecule has 228 valence electrons. The number of carbonyl (C=O) groups excluding carboxylic acids is 2. The molecule has 3 aliphatic heterocycles. The number of para-hydroxylation sites is 1. The second-order valence-electron chi connectivity index (χ2n) is 11.2. The summed E-state index contributed by atoms with van der Waals surface area (Å²) in [4.78, 5) is 40.3. The lowest BCUT2D eigenvalue weighted by Crippen LogP contribution is -2.56. The monoisotopic (exact) mass is 618 g/mol. The number of amides is 2. The van der Waals surface area contributed by atoms with Crippen LogP contribution in [0, 0.1) is 5.82 Å². The summed E-state index contributed by atoms with van der Waals surface area (Å²) in [5.74, 6) is -0.231. The second-order valence-corrected chi connectivity index (χ2v) is 11.6. The molecule has 1 fully saturated rings. The number of fused-ring (bicyclic) bond motifs is 5. The summed E-state index contributed by atoms with van der Waals surface area (Å²) in [6, 6.07) is 11.3. The molecule has 1 aromatic heterocycles. The van der Waals surface area contributed by atoms with Crippen molar-refractivity contribution in [2.45, 2.75) is 39.1 Å². The summed E-state index contributed by atoms with van der Waals surface area (Å²) in [6.45, 7) is 10.5. The maximum absolute atomic E-state index is 15.5. The van der Waals surface area contributed by atoms with Crippen LogP contribution in [0.15, 0.2) is 60.1 Å². The van der Waals surface area contributed by atoms with Crippen molar-refractivity contribution in [2.24, 2.45) is 4.99 Å². The fourth-order valence-corrected chi connectivity index (χ4v) is 6.22. The van der Waals surface area contributed by atoms with Crippen molar-refractivity contribution in [3.05, 3.63) is 77.1 Å². The van der Waals surface area contributed by atoms with Crippen molar-refractivity contribution in [3.8, 4) is 17.0 Å². The highest BCUT2D eigenvalue weighted by molar-refractivity contribution is 6.34. The van der Waals surface area contributed by atoms with E-state index in [4.69, 9.17) is 26.3 Å². The Morgan fingerprint density at radius 3 is 2.75 bits per heavy atom. The summed E-state index contributed by atoms with van der Waals surface area (Å²) in [6.07, 6.45) is -0.166. The number of piperazine rings is 1. The van der Waals surface area contributed by atoms with Gasteiger partial charge in [0.1, 0.15) is 23.2 Å². The van der Waals surface area contributed by atoms with Crippen molar-refractivity contribution < 1.29 is 23.8 Å². The summed E-state index contributed by atoms with van der Waals surface area (Å²) < 4.78 is 21.6. The van der Waals surface area contributed by atoms with Crippen molar-refractivity contribution in [1.29, 1.82) is 0 Å². The maximum Gasteiger partial charge on any atom is 0.262 e. The zero-order valence-corrected chi connectivity index (χ0v) is 25.3. The molecule has 2 aromatic carbocycles. The van der Waals surface area contributed by atoms with Gasteiger partial charge in [-0.2, -0.15) is 0 Å². The van der Waals surface area contributed by atoms with E-state index < -0.39 is 18.1 Å². The predicted molar refractivity (Wildman–Crippen MR) is 167 cm³/mol. The Morgan fingerprint density at radius 2 is 2.02 bits per heavy atom. The summed E-state index contributed by atoms with van der Waals surface area (Å²) in [5, 5.41) is 14.7. The summed E-state index contributed by atoms with van der Waals surface area (Å²) in [5.41, 5.74) is 2.10. The van der Waals surface area contributed by atoms with Crippen LogP contribution >= 0.6 is 11.6 Å². The maximum atomic E-state index is 15.5. The average molecular weight is 619 g/mol. The highest BCUT2D eigenvalue weighted by Gasteiger charge is 2.39. The molecule has 44 heavy (non-hydrogen) atoms. The minimum Gasteiger partial charge on any atom is -0.482 e. The number of hydrogen-bond donors (Lipinski definition) is 2. The Labute approximate surface area is 259 Å². The Bertz CT molecular complexity index is 1710. The first-order chi connectivity index (χ1) is 21.1. The number of carbonyl (C=O) groups is 2. The van der Waals surface area contributed by atoms with Crippen LogP contribution < -0.4 is 15.0 Å². The summed E-state index contributed by atoms with van der Waals surface area (Å²) >= 11 is 6.87. The topological polar surface area (TPSA) is 111 Å².